The average Bonchev–Trinajstić information content (AvgIpc) is 2.67. The second kappa shape index (κ2) is 8.85. The first kappa shape index (κ1) is 23.6. The van der Waals surface area contributed by atoms with E-state index >= 15 is 0 Å². The van der Waals surface area contributed by atoms with Gasteiger partial charge in [0.25, 0.3) is 0 Å². The van der Waals surface area contributed by atoms with Crippen LogP contribution in [0.4, 0.5) is 0 Å². The van der Waals surface area contributed by atoms with Crippen molar-refractivity contribution in [1.29, 1.82) is 0 Å². The number of methoxy groups -OCH3 is 3. The molecule has 0 bridgehead atoms. The Hall–Kier alpha value is -2.01. The van der Waals surface area contributed by atoms with Crippen molar-refractivity contribution >= 4 is 8.60 Å². The molecular weight excluding hydrogens is 415 g/mol. The molecule has 7 heteroatoms. The predicted octanol–water partition coefficient (Wildman–Crippen LogP) is 6.58. The van der Waals surface area contributed by atoms with Gasteiger partial charge in [-0.2, -0.15) is 0 Å². The summed E-state index contributed by atoms with van der Waals surface area (Å²) in [5.41, 5.74) is 3.36. The Balaban J connectivity index is 2.37. The quantitative estimate of drug-likeness (QED) is 0.465. The summed E-state index contributed by atoms with van der Waals surface area (Å²) in [5.74, 6) is 2.95. The van der Waals surface area contributed by atoms with Crippen LogP contribution in [-0.2, 0) is 19.9 Å². The molecule has 2 aromatic rings. The number of hydrogen-bond acceptors (Lipinski definition) is 6. The fourth-order valence-electron chi connectivity index (χ4n) is 3.50. The molecule has 31 heavy (non-hydrogen) atoms. The predicted molar refractivity (Wildman–Crippen MR) is 124 cm³/mol. The van der Waals surface area contributed by atoms with Crippen molar-refractivity contribution in [2.24, 2.45) is 0 Å². The lowest BCUT2D eigenvalue weighted by Gasteiger charge is -2.31. The molecule has 1 aliphatic heterocycles. The summed E-state index contributed by atoms with van der Waals surface area (Å²) < 4.78 is 34.4. The van der Waals surface area contributed by atoms with E-state index in [2.05, 4.69) is 41.5 Å². The number of rotatable bonds is 6. The van der Waals surface area contributed by atoms with Gasteiger partial charge in [-0.3, -0.25) is 9.05 Å². The molecular formula is C24H33O6P. The fourth-order valence-corrected chi connectivity index (χ4v) is 4.14. The maximum atomic E-state index is 6.26. The Morgan fingerprint density at radius 2 is 1.13 bits per heavy atom. The summed E-state index contributed by atoms with van der Waals surface area (Å²) in [6.45, 7) is 13.1. The van der Waals surface area contributed by atoms with Gasteiger partial charge in [0.2, 0.25) is 0 Å². The van der Waals surface area contributed by atoms with Crippen LogP contribution in [0.5, 0.6) is 23.0 Å². The molecule has 1 saturated heterocycles. The van der Waals surface area contributed by atoms with Crippen molar-refractivity contribution in [1.82, 2.24) is 0 Å². The normalized spacial score (nSPS) is 14.7. The molecule has 6 nitrogen and oxygen atoms in total. The van der Waals surface area contributed by atoms with Crippen LogP contribution >= 0.6 is 8.60 Å². The maximum absolute atomic E-state index is 6.26. The van der Waals surface area contributed by atoms with Gasteiger partial charge in [-0.05, 0) is 35.1 Å². The number of hydrogen-bond donors (Lipinski definition) is 0. The van der Waals surface area contributed by atoms with Crippen molar-refractivity contribution in [3.8, 4) is 34.1 Å². The van der Waals surface area contributed by atoms with Gasteiger partial charge in [0, 0.05) is 22.3 Å². The van der Waals surface area contributed by atoms with Gasteiger partial charge in [-0.25, -0.2) is 0 Å². The standard InChI is InChI=1S/C24H33O6P/c1-23(2,3)19-12-15(25-7)10-17(21(19)27-9)18-11-16(26-8)13-20(24(4,5)6)22(18)30-31-28-14-29-31/h10-13H,14H2,1-9H3. The third-order valence-corrected chi connectivity index (χ3v) is 6.15. The summed E-state index contributed by atoms with van der Waals surface area (Å²) in [6.07, 6.45) is 0. The van der Waals surface area contributed by atoms with Gasteiger partial charge in [0.15, 0.2) is 6.79 Å². The number of benzene rings is 2. The van der Waals surface area contributed by atoms with Crippen LogP contribution in [0.1, 0.15) is 52.7 Å². The highest BCUT2D eigenvalue weighted by molar-refractivity contribution is 7.43. The van der Waals surface area contributed by atoms with E-state index in [1.807, 2.05) is 24.3 Å². The zero-order valence-electron chi connectivity index (χ0n) is 19.9. The van der Waals surface area contributed by atoms with Crippen molar-refractivity contribution in [2.75, 3.05) is 28.1 Å². The summed E-state index contributed by atoms with van der Waals surface area (Å²) >= 11 is 0. The van der Waals surface area contributed by atoms with Gasteiger partial charge in [-0.15, -0.1) is 0 Å². The molecule has 0 spiro atoms. The lowest BCUT2D eigenvalue weighted by atomic mass is 9.81. The minimum absolute atomic E-state index is 0.161. The minimum Gasteiger partial charge on any atom is -0.497 e. The molecule has 0 radical (unpaired) electrons. The summed E-state index contributed by atoms with van der Waals surface area (Å²) in [4.78, 5) is 0. The summed E-state index contributed by atoms with van der Waals surface area (Å²) in [5, 5.41) is 0. The lowest BCUT2D eigenvalue weighted by Crippen LogP contribution is -2.17. The molecule has 0 N–H and O–H groups in total. The van der Waals surface area contributed by atoms with Crippen LogP contribution in [0.2, 0.25) is 0 Å². The van der Waals surface area contributed by atoms with Crippen molar-refractivity contribution < 1.29 is 27.8 Å². The van der Waals surface area contributed by atoms with E-state index in [0.717, 1.165) is 39.5 Å². The monoisotopic (exact) mass is 448 g/mol. The smallest absolute Gasteiger partial charge is 0.401 e. The fraction of sp³-hybridized carbons (Fsp3) is 0.500. The molecule has 0 atom stereocenters. The van der Waals surface area contributed by atoms with E-state index in [1.54, 1.807) is 21.3 Å². The second-order valence-electron chi connectivity index (χ2n) is 9.50. The van der Waals surface area contributed by atoms with E-state index in [4.69, 9.17) is 27.8 Å². The Morgan fingerprint density at radius 1 is 0.677 bits per heavy atom. The zero-order chi connectivity index (χ0) is 23.0. The largest absolute Gasteiger partial charge is 0.497 e. The SMILES string of the molecule is COc1cc(-c2cc(OC)cc(C(C)(C)C)c2OP2OCO2)c(OC)c(C(C)(C)C)c1. The molecule has 0 saturated carbocycles. The van der Waals surface area contributed by atoms with E-state index in [-0.39, 0.29) is 17.6 Å². The molecule has 1 heterocycles. The maximum Gasteiger partial charge on any atom is 0.401 e. The molecule has 0 aromatic heterocycles. The molecule has 3 rings (SSSR count). The van der Waals surface area contributed by atoms with Crippen LogP contribution in [0.15, 0.2) is 24.3 Å². The summed E-state index contributed by atoms with van der Waals surface area (Å²) in [7, 11) is 3.59. The molecule has 0 amide bonds. The van der Waals surface area contributed by atoms with Crippen LogP contribution in [0.25, 0.3) is 11.1 Å². The lowest BCUT2D eigenvalue weighted by molar-refractivity contribution is 0.0106. The second-order valence-corrected chi connectivity index (χ2v) is 10.6. The van der Waals surface area contributed by atoms with Gasteiger partial charge in [-0.1, -0.05) is 41.5 Å². The van der Waals surface area contributed by atoms with Crippen LogP contribution in [-0.4, -0.2) is 28.1 Å². The van der Waals surface area contributed by atoms with Gasteiger partial charge < -0.3 is 18.7 Å². The molecule has 0 unspecified atom stereocenters. The highest BCUT2D eigenvalue weighted by atomic mass is 31.2. The van der Waals surface area contributed by atoms with Crippen LogP contribution < -0.4 is 18.7 Å². The van der Waals surface area contributed by atoms with E-state index in [0.29, 0.717) is 5.75 Å². The third kappa shape index (κ3) is 4.92. The van der Waals surface area contributed by atoms with E-state index < -0.39 is 8.60 Å². The Labute approximate surface area is 186 Å². The zero-order valence-corrected chi connectivity index (χ0v) is 20.8. The Morgan fingerprint density at radius 3 is 1.48 bits per heavy atom. The van der Waals surface area contributed by atoms with E-state index in [1.165, 1.54) is 0 Å². The molecule has 2 aromatic carbocycles. The molecule has 1 fully saturated rings. The first-order valence-corrected chi connectivity index (χ1v) is 11.3. The molecule has 1 aliphatic rings. The van der Waals surface area contributed by atoms with Gasteiger partial charge >= 0.3 is 8.60 Å². The average molecular weight is 448 g/mol. The highest BCUT2D eigenvalue weighted by Gasteiger charge is 2.33. The highest BCUT2D eigenvalue weighted by Crippen LogP contribution is 2.55. The van der Waals surface area contributed by atoms with Crippen LogP contribution in [0, 0.1) is 0 Å². The van der Waals surface area contributed by atoms with Crippen LogP contribution in [0.3, 0.4) is 0 Å². The topological polar surface area (TPSA) is 55.4 Å². The minimum atomic E-state index is -1.43. The van der Waals surface area contributed by atoms with Gasteiger partial charge in [0.05, 0.1) is 21.3 Å². The number of ether oxygens (including phenoxy) is 3. The van der Waals surface area contributed by atoms with Crippen molar-refractivity contribution in [3.05, 3.63) is 35.4 Å². The molecule has 170 valence electrons. The van der Waals surface area contributed by atoms with Gasteiger partial charge in [0.1, 0.15) is 23.0 Å². The Kier molecular flexibility index (Phi) is 6.75. The van der Waals surface area contributed by atoms with Crippen molar-refractivity contribution in [2.45, 2.75) is 52.4 Å². The summed E-state index contributed by atoms with van der Waals surface area (Å²) in [6, 6.07) is 7.96. The van der Waals surface area contributed by atoms with E-state index in [9.17, 15) is 0 Å². The third-order valence-electron chi connectivity index (χ3n) is 5.19. The molecule has 0 aliphatic carbocycles. The Bertz CT molecular complexity index is 939. The van der Waals surface area contributed by atoms with Crippen molar-refractivity contribution in [3.63, 3.8) is 0 Å². The first-order chi connectivity index (χ1) is 14.5. The first-order valence-electron chi connectivity index (χ1n) is 10.2.